The largest absolute Gasteiger partial charge is 0.493 e. The maximum atomic E-state index is 10.7. The van der Waals surface area contributed by atoms with Crippen molar-refractivity contribution in [3.8, 4) is 5.88 Å². The second-order valence-corrected chi connectivity index (χ2v) is 6.37. The van der Waals surface area contributed by atoms with E-state index in [4.69, 9.17) is 12.2 Å². The SMILES string of the molecule is CCCNC(=S)N=Nc1c(O)n(CC[NH+](CC)CC)c2ccccc12. The highest BCUT2D eigenvalue weighted by atomic mass is 32.1. The molecule has 0 aliphatic carbocycles. The summed E-state index contributed by atoms with van der Waals surface area (Å²) in [7, 11) is 0. The molecule has 2 rings (SSSR count). The molecule has 1 heterocycles. The first-order valence-corrected chi connectivity index (χ1v) is 9.36. The molecule has 2 aromatic rings. The molecule has 0 aliphatic rings. The maximum Gasteiger partial charge on any atom is 0.220 e. The summed E-state index contributed by atoms with van der Waals surface area (Å²) in [6.45, 7) is 11.0. The van der Waals surface area contributed by atoms with Crippen LogP contribution in [0.3, 0.4) is 0 Å². The first-order chi connectivity index (χ1) is 12.1. The van der Waals surface area contributed by atoms with Crippen molar-refractivity contribution in [2.75, 3.05) is 26.2 Å². The quantitative estimate of drug-likeness (QED) is 0.500. The molecule has 0 bridgehead atoms. The standard InChI is InChI=1S/C18H27N5OS/c1-4-11-19-18(25)21-20-16-14-9-7-8-10-15(14)23(17(16)24)13-12-22(5-2)6-3/h7-10,24H,4-6,11-13H2,1-3H3,(H,19,25)/p+1. The van der Waals surface area contributed by atoms with Crippen LogP contribution in [0.4, 0.5) is 5.69 Å². The fourth-order valence-electron chi connectivity index (χ4n) is 2.83. The van der Waals surface area contributed by atoms with Crippen molar-refractivity contribution in [2.45, 2.75) is 33.7 Å². The van der Waals surface area contributed by atoms with E-state index in [0.29, 0.717) is 10.8 Å². The van der Waals surface area contributed by atoms with Gasteiger partial charge in [-0.1, -0.05) is 25.1 Å². The molecule has 0 spiro atoms. The van der Waals surface area contributed by atoms with E-state index >= 15 is 0 Å². The number of nitrogens with zero attached hydrogens (tertiary/aromatic N) is 3. The Morgan fingerprint density at radius 3 is 2.64 bits per heavy atom. The van der Waals surface area contributed by atoms with Gasteiger partial charge in [-0.05, 0) is 38.6 Å². The molecule has 3 N–H and O–H groups in total. The second kappa shape index (κ2) is 9.48. The number of azo groups is 1. The second-order valence-electron chi connectivity index (χ2n) is 5.98. The molecular weight excluding hydrogens is 334 g/mol. The van der Waals surface area contributed by atoms with Crippen molar-refractivity contribution in [3.05, 3.63) is 24.3 Å². The Balaban J connectivity index is 2.30. The molecule has 1 aromatic heterocycles. The highest BCUT2D eigenvalue weighted by Gasteiger charge is 2.17. The van der Waals surface area contributed by atoms with Crippen LogP contribution in [0.1, 0.15) is 27.2 Å². The fourth-order valence-corrected chi connectivity index (χ4v) is 2.98. The minimum atomic E-state index is 0.148. The van der Waals surface area contributed by atoms with Crippen molar-refractivity contribution >= 4 is 33.9 Å². The maximum absolute atomic E-state index is 10.7. The van der Waals surface area contributed by atoms with Gasteiger partial charge in [0.05, 0.1) is 31.7 Å². The number of benzene rings is 1. The van der Waals surface area contributed by atoms with Gasteiger partial charge in [-0.3, -0.25) is 0 Å². The van der Waals surface area contributed by atoms with Crippen molar-refractivity contribution in [3.63, 3.8) is 0 Å². The summed E-state index contributed by atoms with van der Waals surface area (Å²) in [6, 6.07) is 7.86. The Hall–Kier alpha value is -1.99. The lowest BCUT2D eigenvalue weighted by molar-refractivity contribution is -0.897. The Morgan fingerprint density at radius 1 is 1.24 bits per heavy atom. The molecule has 25 heavy (non-hydrogen) atoms. The number of fused-ring (bicyclic) bond motifs is 1. The van der Waals surface area contributed by atoms with Crippen LogP contribution >= 0.6 is 12.2 Å². The summed E-state index contributed by atoms with van der Waals surface area (Å²) >= 11 is 5.14. The normalized spacial score (nSPS) is 11.7. The average Bonchev–Trinajstić information content (AvgIpc) is 2.90. The zero-order chi connectivity index (χ0) is 18.2. The van der Waals surface area contributed by atoms with Crippen LogP contribution in [0.25, 0.3) is 10.9 Å². The minimum absolute atomic E-state index is 0.148. The summed E-state index contributed by atoms with van der Waals surface area (Å²) in [5.41, 5.74) is 1.44. The fraction of sp³-hybridized carbons (Fsp3) is 0.500. The van der Waals surface area contributed by atoms with Gasteiger partial charge in [-0.25, -0.2) is 0 Å². The third-order valence-corrected chi connectivity index (χ3v) is 4.60. The summed E-state index contributed by atoms with van der Waals surface area (Å²) in [5, 5.41) is 23.2. The smallest absolute Gasteiger partial charge is 0.220 e. The van der Waals surface area contributed by atoms with E-state index in [0.717, 1.165) is 50.0 Å². The van der Waals surface area contributed by atoms with Gasteiger partial charge in [-0.2, -0.15) is 0 Å². The van der Waals surface area contributed by atoms with Crippen molar-refractivity contribution < 1.29 is 10.0 Å². The number of thiocarbonyl (C=S) groups is 1. The van der Waals surface area contributed by atoms with Crippen LogP contribution < -0.4 is 10.2 Å². The Morgan fingerprint density at radius 2 is 1.96 bits per heavy atom. The van der Waals surface area contributed by atoms with E-state index in [1.165, 1.54) is 4.90 Å². The van der Waals surface area contributed by atoms with E-state index < -0.39 is 0 Å². The van der Waals surface area contributed by atoms with E-state index in [1.807, 2.05) is 28.8 Å². The summed E-state index contributed by atoms with van der Waals surface area (Å²) < 4.78 is 1.91. The molecule has 1 aromatic carbocycles. The Bertz CT molecular complexity index is 736. The van der Waals surface area contributed by atoms with Gasteiger partial charge in [0.15, 0.2) is 5.69 Å². The van der Waals surface area contributed by atoms with Crippen LogP contribution in [0.15, 0.2) is 34.5 Å². The predicted octanol–water partition coefficient (Wildman–Crippen LogP) is 2.64. The Labute approximate surface area is 154 Å². The van der Waals surface area contributed by atoms with Gasteiger partial charge < -0.3 is 19.9 Å². The first-order valence-electron chi connectivity index (χ1n) is 8.95. The number of quaternary nitrogens is 1. The van der Waals surface area contributed by atoms with Crippen molar-refractivity contribution in [1.82, 2.24) is 9.88 Å². The molecule has 0 unspecified atom stereocenters. The number of para-hydroxylation sites is 1. The lowest BCUT2D eigenvalue weighted by Crippen LogP contribution is -3.11. The molecule has 0 fully saturated rings. The number of aromatic hydroxyl groups is 1. The molecular formula is C18H28N5OS+. The van der Waals surface area contributed by atoms with Gasteiger partial charge in [-0.15, -0.1) is 10.2 Å². The highest BCUT2D eigenvalue weighted by Crippen LogP contribution is 2.38. The molecule has 136 valence electrons. The molecule has 0 saturated carbocycles. The average molecular weight is 363 g/mol. The molecule has 0 amide bonds. The van der Waals surface area contributed by atoms with Gasteiger partial charge >= 0.3 is 0 Å². The topological polar surface area (TPSA) is 66.4 Å². The Kier molecular flexibility index (Phi) is 7.33. The molecule has 0 radical (unpaired) electrons. The third kappa shape index (κ3) is 4.76. The predicted molar refractivity (Wildman–Crippen MR) is 106 cm³/mol. The van der Waals surface area contributed by atoms with Gasteiger partial charge in [0.25, 0.3) is 0 Å². The molecule has 0 atom stereocenters. The number of aromatic nitrogens is 1. The number of likely N-dealkylation sites (N-methyl/N-ethyl adjacent to an activating group) is 1. The lowest BCUT2D eigenvalue weighted by Gasteiger charge is -2.16. The van der Waals surface area contributed by atoms with Gasteiger partial charge in [0.2, 0.25) is 11.0 Å². The zero-order valence-corrected chi connectivity index (χ0v) is 16.1. The van der Waals surface area contributed by atoms with E-state index in [9.17, 15) is 5.11 Å². The van der Waals surface area contributed by atoms with Crippen molar-refractivity contribution in [1.29, 1.82) is 0 Å². The monoisotopic (exact) mass is 362 g/mol. The molecule has 6 nitrogen and oxygen atoms in total. The van der Waals surface area contributed by atoms with Crippen LogP contribution in [0.5, 0.6) is 5.88 Å². The number of nitrogens with one attached hydrogen (secondary N) is 2. The summed E-state index contributed by atoms with van der Waals surface area (Å²) in [6.07, 6.45) is 0.966. The zero-order valence-electron chi connectivity index (χ0n) is 15.2. The summed E-state index contributed by atoms with van der Waals surface area (Å²) in [5.74, 6) is 0.148. The first kappa shape index (κ1) is 19.3. The van der Waals surface area contributed by atoms with Gasteiger partial charge in [0.1, 0.15) is 0 Å². The minimum Gasteiger partial charge on any atom is -0.493 e. The molecule has 0 aliphatic heterocycles. The van der Waals surface area contributed by atoms with Crippen LogP contribution in [0, 0.1) is 0 Å². The van der Waals surface area contributed by atoms with Crippen LogP contribution in [-0.4, -0.2) is 41.0 Å². The van der Waals surface area contributed by atoms with E-state index in [2.05, 4.69) is 36.3 Å². The number of rotatable bonds is 8. The highest BCUT2D eigenvalue weighted by molar-refractivity contribution is 7.80. The van der Waals surface area contributed by atoms with E-state index in [-0.39, 0.29) is 5.88 Å². The summed E-state index contributed by atoms with van der Waals surface area (Å²) in [4.78, 5) is 1.49. The van der Waals surface area contributed by atoms with Crippen LogP contribution in [-0.2, 0) is 6.54 Å². The lowest BCUT2D eigenvalue weighted by atomic mass is 10.2. The third-order valence-electron chi connectivity index (χ3n) is 4.37. The van der Waals surface area contributed by atoms with E-state index in [1.54, 1.807) is 0 Å². The van der Waals surface area contributed by atoms with Crippen LogP contribution in [0.2, 0.25) is 0 Å². The molecule has 0 saturated heterocycles. The number of hydrogen-bond donors (Lipinski definition) is 3. The molecule has 7 heteroatoms. The number of hydrogen-bond acceptors (Lipinski definition) is 3. The van der Waals surface area contributed by atoms with Gasteiger partial charge in [0, 0.05) is 11.9 Å². The van der Waals surface area contributed by atoms with Crippen molar-refractivity contribution in [2.24, 2.45) is 10.2 Å².